The molecule has 0 radical (unpaired) electrons. The molecule has 3 aromatic rings. The number of carbonyl (C=O) groups excluding carboxylic acids is 1. The number of carbonyl (C=O) groups is 1. The summed E-state index contributed by atoms with van der Waals surface area (Å²) in [6.45, 7) is 6.12. The quantitative estimate of drug-likeness (QED) is 0.355. The zero-order valence-corrected chi connectivity index (χ0v) is 18.8. The minimum Gasteiger partial charge on any atom is -0.455 e. The predicted octanol–water partition coefficient (Wildman–Crippen LogP) is 6.02. The molecule has 170 valence electrons. The van der Waals surface area contributed by atoms with Crippen molar-refractivity contribution in [3.8, 4) is 0 Å². The van der Waals surface area contributed by atoms with Gasteiger partial charge in [-0.25, -0.2) is 0 Å². The van der Waals surface area contributed by atoms with E-state index < -0.39 is 4.92 Å². The summed E-state index contributed by atoms with van der Waals surface area (Å²) >= 11 is 0. The summed E-state index contributed by atoms with van der Waals surface area (Å²) in [6, 6.07) is 13.9. The van der Waals surface area contributed by atoms with Gasteiger partial charge in [0, 0.05) is 35.4 Å². The number of nitrogens with zero attached hydrogens (tertiary/aromatic N) is 2. The molecule has 1 aliphatic rings. The number of amides is 1. The van der Waals surface area contributed by atoms with Gasteiger partial charge in [-0.1, -0.05) is 26.0 Å². The number of rotatable bonds is 6. The normalized spacial score (nSPS) is 14.2. The van der Waals surface area contributed by atoms with E-state index in [2.05, 4.69) is 29.7 Å². The van der Waals surface area contributed by atoms with Crippen LogP contribution in [0.5, 0.6) is 0 Å². The van der Waals surface area contributed by atoms with Crippen LogP contribution in [0.2, 0.25) is 0 Å². The number of hydrogen-bond acceptors (Lipinski definition) is 6. The lowest BCUT2D eigenvalue weighted by Gasteiger charge is -2.13. The molecule has 1 aromatic heterocycles. The number of hydrazone groups is 1. The first-order valence-electron chi connectivity index (χ1n) is 10.9. The number of nitrogens with one attached hydrogen (secondary N) is 2. The van der Waals surface area contributed by atoms with Gasteiger partial charge in [0.2, 0.25) is 0 Å². The third-order valence-electron chi connectivity index (χ3n) is 5.77. The molecule has 0 fully saturated rings. The summed E-state index contributed by atoms with van der Waals surface area (Å²) in [6.07, 6.45) is 2.34. The Labute approximate surface area is 191 Å². The van der Waals surface area contributed by atoms with Crippen molar-refractivity contribution in [2.45, 2.75) is 46.0 Å². The van der Waals surface area contributed by atoms with Crippen LogP contribution in [0, 0.1) is 17.0 Å². The molecule has 0 saturated carbocycles. The van der Waals surface area contributed by atoms with Gasteiger partial charge in [0.15, 0.2) is 5.76 Å². The van der Waals surface area contributed by atoms with Crippen molar-refractivity contribution in [1.29, 1.82) is 0 Å². The Bertz CT molecular complexity index is 1210. The third-order valence-corrected chi connectivity index (χ3v) is 5.77. The molecule has 33 heavy (non-hydrogen) atoms. The molecular weight excluding hydrogens is 420 g/mol. The van der Waals surface area contributed by atoms with Gasteiger partial charge >= 0.3 is 0 Å². The van der Waals surface area contributed by atoms with E-state index in [1.54, 1.807) is 12.1 Å². The van der Waals surface area contributed by atoms with Crippen molar-refractivity contribution < 1.29 is 14.1 Å². The average Bonchev–Trinajstić information content (AvgIpc) is 3.15. The molecule has 0 atom stereocenters. The second-order valence-corrected chi connectivity index (χ2v) is 8.41. The minimum absolute atomic E-state index is 0.0216. The predicted molar refractivity (Wildman–Crippen MR) is 128 cm³/mol. The smallest absolute Gasteiger partial charge is 0.291 e. The highest BCUT2D eigenvalue weighted by molar-refractivity contribution is 6.09. The lowest BCUT2D eigenvalue weighted by molar-refractivity contribution is -0.384. The summed E-state index contributed by atoms with van der Waals surface area (Å²) in [5.74, 6) is 1.18. The maximum atomic E-state index is 12.9. The lowest BCUT2D eigenvalue weighted by atomic mass is 9.93. The van der Waals surface area contributed by atoms with Crippen LogP contribution in [0.1, 0.15) is 65.6 Å². The van der Waals surface area contributed by atoms with Crippen LogP contribution in [0.4, 0.5) is 17.1 Å². The molecule has 0 bridgehead atoms. The molecule has 1 aliphatic carbocycles. The highest BCUT2D eigenvalue weighted by atomic mass is 16.6. The number of nitro groups is 1. The molecule has 0 saturated heterocycles. The summed E-state index contributed by atoms with van der Waals surface area (Å²) in [4.78, 5) is 23.3. The highest BCUT2D eigenvalue weighted by Crippen LogP contribution is 2.31. The standard InChI is InChI=1S/C25H26N4O4/c1-15(2)17-7-9-18(10-8-17)26-25(30)24-16(3)23-21(5-4-6-22(23)33-24)28-27-19-11-13-20(14-12-19)29(31)32/h7-15,27H,4-6H2,1-3H3,(H,26,30)/b28-21+. The van der Waals surface area contributed by atoms with Crippen molar-refractivity contribution in [2.75, 3.05) is 10.7 Å². The van der Waals surface area contributed by atoms with Gasteiger partial charge < -0.3 is 9.73 Å². The van der Waals surface area contributed by atoms with Crippen molar-refractivity contribution in [3.05, 3.63) is 86.9 Å². The van der Waals surface area contributed by atoms with Gasteiger partial charge in [-0.2, -0.15) is 5.10 Å². The number of anilines is 2. The van der Waals surface area contributed by atoms with Crippen LogP contribution in [0.3, 0.4) is 0 Å². The zero-order valence-electron chi connectivity index (χ0n) is 18.8. The first-order valence-corrected chi connectivity index (χ1v) is 10.9. The van der Waals surface area contributed by atoms with E-state index in [1.165, 1.54) is 17.7 Å². The maximum absolute atomic E-state index is 12.9. The Morgan fingerprint density at radius 3 is 2.36 bits per heavy atom. The van der Waals surface area contributed by atoms with Crippen LogP contribution in [0.15, 0.2) is 58.0 Å². The molecule has 4 rings (SSSR count). The molecule has 1 amide bonds. The second kappa shape index (κ2) is 9.28. The zero-order chi connectivity index (χ0) is 23.5. The molecule has 0 spiro atoms. The van der Waals surface area contributed by atoms with Crippen LogP contribution < -0.4 is 10.7 Å². The number of benzene rings is 2. The van der Waals surface area contributed by atoms with E-state index in [0.29, 0.717) is 17.3 Å². The third kappa shape index (κ3) is 4.79. The number of nitro benzene ring substituents is 1. The molecular formula is C25H26N4O4. The Morgan fingerprint density at radius 2 is 1.73 bits per heavy atom. The Balaban J connectivity index is 1.53. The van der Waals surface area contributed by atoms with Gasteiger partial charge in [-0.3, -0.25) is 20.3 Å². The SMILES string of the molecule is Cc1c(C(=O)Nc2ccc(C(C)C)cc2)oc2c1/C(=N/Nc1ccc([N+](=O)[O-])cc1)CCC2. The van der Waals surface area contributed by atoms with Gasteiger partial charge in [0.05, 0.1) is 16.3 Å². The van der Waals surface area contributed by atoms with Gasteiger partial charge in [-0.05, 0) is 55.5 Å². The largest absolute Gasteiger partial charge is 0.455 e. The number of fused-ring (bicyclic) bond motifs is 1. The van der Waals surface area contributed by atoms with Crippen molar-refractivity contribution >= 4 is 28.7 Å². The van der Waals surface area contributed by atoms with E-state index in [-0.39, 0.29) is 17.4 Å². The number of hydrogen-bond donors (Lipinski definition) is 2. The van der Waals surface area contributed by atoms with Crippen molar-refractivity contribution in [1.82, 2.24) is 0 Å². The Hall–Kier alpha value is -3.94. The summed E-state index contributed by atoms with van der Waals surface area (Å²) in [5.41, 5.74) is 7.97. The Kier molecular flexibility index (Phi) is 6.26. The van der Waals surface area contributed by atoms with Crippen LogP contribution in [0.25, 0.3) is 0 Å². The molecule has 0 aliphatic heterocycles. The lowest BCUT2D eigenvalue weighted by Crippen LogP contribution is -2.14. The topological polar surface area (TPSA) is 110 Å². The first kappa shape index (κ1) is 22.3. The molecule has 0 unspecified atom stereocenters. The van der Waals surface area contributed by atoms with E-state index in [0.717, 1.165) is 41.9 Å². The number of aryl methyl sites for hydroxylation is 1. The minimum atomic E-state index is -0.441. The summed E-state index contributed by atoms with van der Waals surface area (Å²) < 4.78 is 5.96. The van der Waals surface area contributed by atoms with Gasteiger partial charge in [0.1, 0.15) is 5.76 Å². The molecule has 1 heterocycles. The van der Waals surface area contributed by atoms with E-state index in [1.807, 2.05) is 31.2 Å². The van der Waals surface area contributed by atoms with Crippen molar-refractivity contribution in [2.24, 2.45) is 5.10 Å². The number of non-ortho nitro benzene ring substituents is 1. The molecule has 8 heteroatoms. The van der Waals surface area contributed by atoms with Gasteiger partial charge in [0.25, 0.3) is 11.6 Å². The van der Waals surface area contributed by atoms with E-state index in [9.17, 15) is 14.9 Å². The monoisotopic (exact) mass is 446 g/mol. The van der Waals surface area contributed by atoms with Crippen molar-refractivity contribution in [3.63, 3.8) is 0 Å². The Morgan fingerprint density at radius 1 is 1.06 bits per heavy atom. The fourth-order valence-electron chi connectivity index (χ4n) is 3.93. The fourth-order valence-corrected chi connectivity index (χ4v) is 3.93. The van der Waals surface area contributed by atoms with E-state index >= 15 is 0 Å². The average molecular weight is 447 g/mol. The van der Waals surface area contributed by atoms with Crippen LogP contribution in [-0.2, 0) is 6.42 Å². The van der Waals surface area contributed by atoms with Gasteiger partial charge in [-0.15, -0.1) is 0 Å². The first-order chi connectivity index (χ1) is 15.8. The number of furan rings is 1. The fraction of sp³-hybridized carbons (Fsp3) is 0.280. The maximum Gasteiger partial charge on any atom is 0.291 e. The summed E-state index contributed by atoms with van der Waals surface area (Å²) in [7, 11) is 0. The molecule has 8 nitrogen and oxygen atoms in total. The molecule has 2 aromatic carbocycles. The van der Waals surface area contributed by atoms with E-state index in [4.69, 9.17) is 4.42 Å². The highest BCUT2D eigenvalue weighted by Gasteiger charge is 2.28. The van der Waals surface area contributed by atoms with Crippen LogP contribution in [-0.4, -0.2) is 16.5 Å². The summed E-state index contributed by atoms with van der Waals surface area (Å²) in [5, 5.41) is 18.3. The van der Waals surface area contributed by atoms with Crippen LogP contribution >= 0.6 is 0 Å². The molecule has 2 N–H and O–H groups in total. The second-order valence-electron chi connectivity index (χ2n) is 8.41.